The summed E-state index contributed by atoms with van der Waals surface area (Å²) in [6.45, 7) is 2.47. The third-order valence-corrected chi connectivity index (χ3v) is 10.7. The van der Waals surface area contributed by atoms with Crippen LogP contribution in [0.5, 0.6) is 0 Å². The Morgan fingerprint density at radius 2 is 1.87 bits per heavy atom. The van der Waals surface area contributed by atoms with E-state index in [2.05, 4.69) is 20.9 Å². The summed E-state index contributed by atoms with van der Waals surface area (Å²) in [5, 5.41) is 9.65. The molecule has 2 aromatic heterocycles. The number of fused-ring (bicyclic) bond motifs is 1. The van der Waals surface area contributed by atoms with Crippen molar-refractivity contribution in [1.29, 1.82) is 5.26 Å². The minimum atomic E-state index is -3.97. The minimum absolute atomic E-state index is 0.00619. The molecular formula is C34H37N7O4S. The molecule has 2 aliphatic rings. The van der Waals surface area contributed by atoms with Crippen molar-refractivity contribution in [3.8, 4) is 6.07 Å². The number of carbonyl (C=O) groups is 1. The number of anilines is 1. The molecule has 1 fully saturated rings. The second-order valence-electron chi connectivity index (χ2n) is 11.9. The molecule has 1 amide bonds. The van der Waals surface area contributed by atoms with Gasteiger partial charge in [0.05, 0.1) is 30.2 Å². The van der Waals surface area contributed by atoms with Crippen LogP contribution in [0, 0.1) is 17.2 Å². The van der Waals surface area contributed by atoms with E-state index in [1.807, 2.05) is 60.3 Å². The molecule has 2 aromatic carbocycles. The van der Waals surface area contributed by atoms with E-state index in [4.69, 9.17) is 4.74 Å². The molecule has 4 heterocycles. The van der Waals surface area contributed by atoms with Crippen LogP contribution < -0.4 is 4.90 Å². The van der Waals surface area contributed by atoms with Crippen molar-refractivity contribution < 1.29 is 17.9 Å². The Morgan fingerprint density at radius 1 is 1.09 bits per heavy atom. The van der Waals surface area contributed by atoms with Crippen LogP contribution in [0.15, 0.2) is 90.5 Å². The van der Waals surface area contributed by atoms with Gasteiger partial charge in [0.2, 0.25) is 0 Å². The summed E-state index contributed by atoms with van der Waals surface area (Å²) >= 11 is 0. The van der Waals surface area contributed by atoms with E-state index in [0.717, 1.165) is 22.5 Å². The number of piperidine rings is 1. The Labute approximate surface area is 269 Å². The third-order valence-electron chi connectivity index (χ3n) is 8.84. The molecule has 6 rings (SSSR count). The smallest absolute Gasteiger partial charge is 0.410 e. The summed E-state index contributed by atoms with van der Waals surface area (Å²) in [5.41, 5.74) is 4.35. The second-order valence-corrected chi connectivity index (χ2v) is 13.7. The van der Waals surface area contributed by atoms with E-state index in [1.165, 1.54) is 12.3 Å². The van der Waals surface area contributed by atoms with Gasteiger partial charge < -0.3 is 19.1 Å². The summed E-state index contributed by atoms with van der Waals surface area (Å²) in [7, 11) is -2.04. The summed E-state index contributed by atoms with van der Waals surface area (Å²) in [6, 6.07) is 21.9. The van der Waals surface area contributed by atoms with Crippen LogP contribution in [-0.2, 0) is 41.4 Å². The van der Waals surface area contributed by atoms with E-state index in [9.17, 15) is 18.5 Å². The number of nitrogens with zero attached hydrogens (tertiary/aromatic N) is 7. The topological polar surface area (TPSA) is 125 Å². The number of likely N-dealkylation sites (tertiary alicyclic amines) is 1. The van der Waals surface area contributed by atoms with Crippen molar-refractivity contribution in [2.45, 2.75) is 43.5 Å². The summed E-state index contributed by atoms with van der Waals surface area (Å²) in [6.07, 6.45) is 6.46. The predicted molar refractivity (Wildman–Crippen MR) is 172 cm³/mol. The SMILES string of the molecule is Cn1cncc1CN1CC(N(CC2CCN(C(=O)OCc3ccccc3)CC2)S(=O)(=O)c2ccccn2)Cc2cc(C#N)ccc21. The monoisotopic (exact) mass is 639 g/mol. The molecule has 2 aliphatic heterocycles. The first kappa shape index (κ1) is 31.3. The van der Waals surface area contributed by atoms with E-state index < -0.39 is 16.1 Å². The van der Waals surface area contributed by atoms with Gasteiger partial charge >= 0.3 is 6.09 Å². The number of pyridine rings is 1. The van der Waals surface area contributed by atoms with Gasteiger partial charge in [0.15, 0.2) is 5.03 Å². The second kappa shape index (κ2) is 13.7. The zero-order valence-electron chi connectivity index (χ0n) is 25.8. The van der Waals surface area contributed by atoms with Crippen LogP contribution in [0.25, 0.3) is 0 Å². The number of imidazole rings is 1. The molecule has 238 valence electrons. The van der Waals surface area contributed by atoms with Crippen LogP contribution >= 0.6 is 0 Å². The zero-order chi connectivity index (χ0) is 32.1. The van der Waals surface area contributed by atoms with Gasteiger partial charge in [-0.05, 0) is 66.6 Å². The van der Waals surface area contributed by atoms with Crippen LogP contribution in [0.3, 0.4) is 0 Å². The largest absolute Gasteiger partial charge is 0.445 e. The molecule has 4 aromatic rings. The highest BCUT2D eigenvalue weighted by atomic mass is 32.2. The number of sulfonamides is 1. The maximum atomic E-state index is 14.3. The highest BCUT2D eigenvalue weighted by Crippen LogP contribution is 2.34. The van der Waals surface area contributed by atoms with Gasteiger partial charge in [-0.25, -0.2) is 23.2 Å². The Balaban J connectivity index is 1.23. The number of aromatic nitrogens is 3. The first-order valence-electron chi connectivity index (χ1n) is 15.4. The highest BCUT2D eigenvalue weighted by molar-refractivity contribution is 7.89. The summed E-state index contributed by atoms with van der Waals surface area (Å²) in [4.78, 5) is 25.2. The number of amides is 1. The molecule has 0 N–H and O–H groups in total. The van der Waals surface area contributed by atoms with Gasteiger partial charge in [0.1, 0.15) is 6.61 Å². The normalized spacial score (nSPS) is 17.0. The van der Waals surface area contributed by atoms with Gasteiger partial charge in [0.25, 0.3) is 10.0 Å². The van der Waals surface area contributed by atoms with Crippen LogP contribution in [0.1, 0.15) is 35.2 Å². The number of hydrogen-bond donors (Lipinski definition) is 0. The van der Waals surface area contributed by atoms with Crippen molar-refractivity contribution in [1.82, 2.24) is 23.7 Å². The first-order chi connectivity index (χ1) is 22.3. The molecule has 1 saturated heterocycles. The fraction of sp³-hybridized carbons (Fsp3) is 0.353. The number of nitriles is 1. The average molecular weight is 640 g/mol. The van der Waals surface area contributed by atoms with Gasteiger partial charge in [-0.1, -0.05) is 36.4 Å². The van der Waals surface area contributed by atoms with Crippen LogP contribution in [0.2, 0.25) is 0 Å². The molecule has 11 nitrogen and oxygen atoms in total. The van der Waals surface area contributed by atoms with E-state index >= 15 is 0 Å². The van der Waals surface area contributed by atoms with Crippen molar-refractivity contribution in [2.24, 2.45) is 13.0 Å². The van der Waals surface area contributed by atoms with Gasteiger partial charge in [0, 0.05) is 57.3 Å². The van der Waals surface area contributed by atoms with Gasteiger partial charge in [-0.15, -0.1) is 0 Å². The Hall–Kier alpha value is -4.73. The predicted octanol–water partition coefficient (Wildman–Crippen LogP) is 4.36. The molecule has 1 unspecified atom stereocenters. The molecule has 12 heteroatoms. The lowest BCUT2D eigenvalue weighted by molar-refractivity contribution is 0.0792. The number of aryl methyl sites for hydroxylation is 1. The lowest BCUT2D eigenvalue weighted by Gasteiger charge is -2.42. The Morgan fingerprint density at radius 3 is 2.57 bits per heavy atom. The number of benzene rings is 2. The van der Waals surface area contributed by atoms with Crippen LogP contribution in [0.4, 0.5) is 10.5 Å². The molecule has 0 bridgehead atoms. The number of hydrogen-bond acceptors (Lipinski definition) is 8. The van der Waals surface area contributed by atoms with Gasteiger partial charge in [-0.2, -0.15) is 9.57 Å². The lowest BCUT2D eigenvalue weighted by atomic mass is 9.93. The molecule has 0 radical (unpaired) electrons. The summed E-state index contributed by atoms with van der Waals surface area (Å²) in [5.74, 6) is 0.0361. The molecule has 46 heavy (non-hydrogen) atoms. The standard InChI is InChI=1S/C34H37N7O4S/c1-38-25-36-20-31(38)23-40-22-30(18-29-17-28(19-35)10-11-32(29)40)41(46(43,44)33-9-5-6-14-37-33)21-26-12-15-39(16-13-26)34(42)45-24-27-7-3-2-4-8-27/h2-11,14,17,20,25-26,30H,12-13,15-16,18,21-24H2,1H3. The summed E-state index contributed by atoms with van der Waals surface area (Å²) < 4.78 is 37.7. The fourth-order valence-corrected chi connectivity index (χ4v) is 7.93. The highest BCUT2D eigenvalue weighted by Gasteiger charge is 2.39. The third kappa shape index (κ3) is 6.90. The van der Waals surface area contributed by atoms with E-state index in [1.54, 1.807) is 33.7 Å². The van der Waals surface area contributed by atoms with Crippen molar-refractivity contribution in [3.63, 3.8) is 0 Å². The molecule has 0 aliphatic carbocycles. The Kier molecular flexibility index (Phi) is 9.33. The van der Waals surface area contributed by atoms with Crippen molar-refractivity contribution in [2.75, 3.05) is 31.1 Å². The molecule has 0 spiro atoms. The number of carbonyl (C=O) groups excluding carboxylic acids is 1. The van der Waals surface area contributed by atoms with Crippen molar-refractivity contribution in [3.05, 3.63) is 108 Å². The van der Waals surface area contributed by atoms with Crippen molar-refractivity contribution >= 4 is 21.8 Å². The first-order valence-corrected chi connectivity index (χ1v) is 16.9. The molecular weight excluding hydrogens is 602 g/mol. The fourth-order valence-electron chi connectivity index (χ4n) is 6.30. The quantitative estimate of drug-likeness (QED) is 0.265. The van der Waals surface area contributed by atoms with Crippen LogP contribution in [-0.4, -0.2) is 70.5 Å². The van der Waals surface area contributed by atoms with E-state index in [0.29, 0.717) is 57.5 Å². The maximum absolute atomic E-state index is 14.3. The number of ether oxygens (including phenoxy) is 1. The van der Waals surface area contributed by atoms with Gasteiger partial charge in [-0.3, -0.25) is 0 Å². The average Bonchev–Trinajstić information content (AvgIpc) is 3.50. The van der Waals surface area contributed by atoms with E-state index in [-0.39, 0.29) is 23.6 Å². The number of rotatable bonds is 9. The maximum Gasteiger partial charge on any atom is 0.410 e. The Bertz CT molecular complexity index is 1800. The molecule has 1 atom stereocenters. The minimum Gasteiger partial charge on any atom is -0.445 e. The lowest BCUT2D eigenvalue weighted by Crippen LogP contribution is -2.53. The zero-order valence-corrected chi connectivity index (χ0v) is 26.6. The molecule has 0 saturated carbocycles.